The van der Waals surface area contributed by atoms with E-state index in [1.54, 1.807) is 11.3 Å². The van der Waals surface area contributed by atoms with Gasteiger partial charge in [-0.25, -0.2) is 4.98 Å². The summed E-state index contributed by atoms with van der Waals surface area (Å²) in [6.45, 7) is 6.15. The van der Waals surface area contributed by atoms with Crippen molar-refractivity contribution in [3.8, 4) is 10.6 Å². The summed E-state index contributed by atoms with van der Waals surface area (Å²) in [5, 5.41) is 7.29. The highest BCUT2D eigenvalue weighted by Crippen LogP contribution is 2.25. The van der Waals surface area contributed by atoms with Crippen molar-refractivity contribution in [3.05, 3.63) is 23.5 Å². The van der Waals surface area contributed by atoms with Gasteiger partial charge in [0.25, 0.3) is 0 Å². The molecule has 0 aliphatic rings. The number of aromatic nitrogens is 3. The molecule has 1 atom stereocenters. The molecule has 0 aliphatic heterocycles. The van der Waals surface area contributed by atoms with E-state index >= 15 is 0 Å². The molecule has 2 aromatic heterocycles. The Labute approximate surface area is 99.1 Å². The summed E-state index contributed by atoms with van der Waals surface area (Å²) in [6, 6.07) is 0.367. The predicted molar refractivity (Wildman–Crippen MR) is 66.3 cm³/mol. The van der Waals surface area contributed by atoms with Gasteiger partial charge < -0.3 is 5.73 Å². The predicted octanol–water partition coefficient (Wildman–Crippen LogP) is 2.61. The van der Waals surface area contributed by atoms with Crippen molar-refractivity contribution < 1.29 is 0 Å². The molecule has 2 heterocycles. The standard InChI is InChI=1S/C11H16N4S/c1-7(2)15-5-9(4-13-15)11-14-10(6-16-11)8(3)12/h4-8H,12H2,1-3H3. The van der Waals surface area contributed by atoms with Gasteiger partial charge in [-0.2, -0.15) is 5.10 Å². The highest BCUT2D eigenvalue weighted by molar-refractivity contribution is 7.13. The van der Waals surface area contributed by atoms with Crippen LogP contribution >= 0.6 is 11.3 Å². The molecule has 2 rings (SSSR count). The SMILES string of the molecule is CC(N)c1csc(-c2cnn(C(C)C)c2)n1. The molecular formula is C11H16N4S. The van der Waals surface area contributed by atoms with Crippen molar-refractivity contribution in [2.24, 2.45) is 5.73 Å². The summed E-state index contributed by atoms with van der Waals surface area (Å²) in [4.78, 5) is 4.49. The van der Waals surface area contributed by atoms with Crippen LogP contribution in [0.4, 0.5) is 0 Å². The Hall–Kier alpha value is -1.20. The minimum atomic E-state index is -0.00913. The topological polar surface area (TPSA) is 56.7 Å². The molecule has 0 spiro atoms. The first kappa shape index (κ1) is 11.3. The van der Waals surface area contributed by atoms with E-state index in [4.69, 9.17) is 5.73 Å². The van der Waals surface area contributed by atoms with Gasteiger partial charge in [-0.1, -0.05) is 0 Å². The van der Waals surface area contributed by atoms with Gasteiger partial charge in [0.1, 0.15) is 5.01 Å². The maximum absolute atomic E-state index is 5.78. The van der Waals surface area contributed by atoms with Crippen LogP contribution in [-0.2, 0) is 0 Å². The molecule has 0 amide bonds. The number of nitrogens with zero attached hydrogens (tertiary/aromatic N) is 3. The highest BCUT2D eigenvalue weighted by Gasteiger charge is 2.10. The van der Waals surface area contributed by atoms with Crippen LogP contribution in [0.3, 0.4) is 0 Å². The van der Waals surface area contributed by atoms with Crippen molar-refractivity contribution in [2.45, 2.75) is 32.9 Å². The van der Waals surface area contributed by atoms with Crippen LogP contribution in [-0.4, -0.2) is 14.8 Å². The van der Waals surface area contributed by atoms with Gasteiger partial charge in [-0.3, -0.25) is 4.68 Å². The molecule has 0 aliphatic carbocycles. The molecule has 0 saturated carbocycles. The fourth-order valence-electron chi connectivity index (χ4n) is 1.36. The second-order valence-electron chi connectivity index (χ2n) is 4.17. The summed E-state index contributed by atoms with van der Waals surface area (Å²) >= 11 is 1.61. The van der Waals surface area contributed by atoms with Crippen LogP contribution in [0.1, 0.15) is 38.5 Å². The van der Waals surface area contributed by atoms with Crippen LogP contribution < -0.4 is 5.73 Å². The number of nitrogens with two attached hydrogens (primary N) is 1. The van der Waals surface area contributed by atoms with E-state index in [2.05, 4.69) is 23.9 Å². The Kier molecular flexibility index (Phi) is 3.07. The molecule has 16 heavy (non-hydrogen) atoms. The minimum absolute atomic E-state index is 0.00913. The van der Waals surface area contributed by atoms with E-state index in [1.165, 1.54) is 0 Å². The van der Waals surface area contributed by atoms with Crippen molar-refractivity contribution in [1.82, 2.24) is 14.8 Å². The zero-order chi connectivity index (χ0) is 11.7. The van der Waals surface area contributed by atoms with E-state index in [-0.39, 0.29) is 6.04 Å². The maximum Gasteiger partial charge on any atom is 0.126 e. The van der Waals surface area contributed by atoms with Crippen LogP contribution in [0.2, 0.25) is 0 Å². The first-order valence-electron chi connectivity index (χ1n) is 5.33. The monoisotopic (exact) mass is 236 g/mol. The lowest BCUT2D eigenvalue weighted by Crippen LogP contribution is -2.04. The summed E-state index contributed by atoms with van der Waals surface area (Å²) in [5.41, 5.74) is 7.78. The van der Waals surface area contributed by atoms with E-state index in [1.807, 2.05) is 29.4 Å². The van der Waals surface area contributed by atoms with E-state index in [0.717, 1.165) is 16.3 Å². The smallest absolute Gasteiger partial charge is 0.126 e. The second-order valence-corrected chi connectivity index (χ2v) is 5.03. The van der Waals surface area contributed by atoms with Crippen molar-refractivity contribution in [2.75, 3.05) is 0 Å². The Bertz CT molecular complexity index is 426. The van der Waals surface area contributed by atoms with Gasteiger partial charge in [0.15, 0.2) is 0 Å². The highest BCUT2D eigenvalue weighted by atomic mass is 32.1. The Morgan fingerprint density at radius 2 is 2.12 bits per heavy atom. The number of hydrogen-bond acceptors (Lipinski definition) is 4. The largest absolute Gasteiger partial charge is 0.323 e. The molecule has 0 saturated heterocycles. The second kappa shape index (κ2) is 4.35. The lowest BCUT2D eigenvalue weighted by atomic mass is 10.3. The van der Waals surface area contributed by atoms with Gasteiger partial charge in [0.2, 0.25) is 0 Å². The number of hydrogen-bond donors (Lipinski definition) is 1. The molecule has 0 radical (unpaired) electrons. The van der Waals surface area contributed by atoms with Crippen molar-refractivity contribution >= 4 is 11.3 Å². The molecule has 0 aromatic carbocycles. The van der Waals surface area contributed by atoms with Crippen molar-refractivity contribution in [1.29, 1.82) is 0 Å². The summed E-state index contributed by atoms with van der Waals surface area (Å²) < 4.78 is 1.93. The molecule has 5 heteroatoms. The molecule has 2 N–H and O–H groups in total. The molecule has 1 unspecified atom stereocenters. The van der Waals surface area contributed by atoms with Gasteiger partial charge in [-0.15, -0.1) is 11.3 Å². The zero-order valence-corrected chi connectivity index (χ0v) is 10.5. The first-order chi connectivity index (χ1) is 7.58. The number of thiazole rings is 1. The molecular weight excluding hydrogens is 220 g/mol. The van der Waals surface area contributed by atoms with E-state index in [9.17, 15) is 0 Å². The fraction of sp³-hybridized carbons (Fsp3) is 0.455. The van der Waals surface area contributed by atoms with Gasteiger partial charge in [0, 0.05) is 29.2 Å². The van der Waals surface area contributed by atoms with Crippen LogP contribution in [0, 0.1) is 0 Å². The third-order valence-electron chi connectivity index (χ3n) is 2.37. The molecule has 4 nitrogen and oxygen atoms in total. The van der Waals surface area contributed by atoms with E-state index < -0.39 is 0 Å². The Morgan fingerprint density at radius 1 is 1.38 bits per heavy atom. The van der Waals surface area contributed by atoms with Gasteiger partial charge in [0.05, 0.1) is 11.9 Å². The normalized spacial score (nSPS) is 13.3. The lowest BCUT2D eigenvalue weighted by Gasteiger charge is -2.02. The third-order valence-corrected chi connectivity index (χ3v) is 3.28. The Morgan fingerprint density at radius 3 is 2.62 bits per heavy atom. The van der Waals surface area contributed by atoms with Crippen LogP contribution in [0.25, 0.3) is 10.6 Å². The average molecular weight is 236 g/mol. The van der Waals surface area contributed by atoms with Gasteiger partial charge in [-0.05, 0) is 20.8 Å². The average Bonchev–Trinajstić information content (AvgIpc) is 2.86. The van der Waals surface area contributed by atoms with Crippen LogP contribution in [0.5, 0.6) is 0 Å². The minimum Gasteiger partial charge on any atom is -0.323 e. The molecule has 2 aromatic rings. The van der Waals surface area contributed by atoms with Crippen molar-refractivity contribution in [3.63, 3.8) is 0 Å². The fourth-order valence-corrected chi connectivity index (χ4v) is 2.26. The maximum atomic E-state index is 5.78. The Balaban J connectivity index is 2.28. The van der Waals surface area contributed by atoms with Gasteiger partial charge >= 0.3 is 0 Å². The third kappa shape index (κ3) is 2.15. The van der Waals surface area contributed by atoms with E-state index in [0.29, 0.717) is 6.04 Å². The number of rotatable bonds is 3. The summed E-state index contributed by atoms with van der Waals surface area (Å²) in [7, 11) is 0. The lowest BCUT2D eigenvalue weighted by molar-refractivity contribution is 0.532. The van der Waals surface area contributed by atoms with Crippen LogP contribution in [0.15, 0.2) is 17.8 Å². The molecule has 0 bridgehead atoms. The molecule has 86 valence electrons. The zero-order valence-electron chi connectivity index (χ0n) is 9.71. The molecule has 0 fully saturated rings. The quantitative estimate of drug-likeness (QED) is 0.891. The summed E-state index contributed by atoms with van der Waals surface area (Å²) in [6.07, 6.45) is 3.87. The summed E-state index contributed by atoms with van der Waals surface area (Å²) in [5.74, 6) is 0. The first-order valence-corrected chi connectivity index (χ1v) is 6.21.